The minimum Gasteiger partial charge on any atom is -0.451 e. The zero-order valence-corrected chi connectivity index (χ0v) is 14.9. The van der Waals surface area contributed by atoms with Crippen LogP contribution in [-0.4, -0.2) is 30.4 Å². The van der Waals surface area contributed by atoms with E-state index < -0.39 is 12.2 Å². The molecular weight excluding hydrogens is 379 g/mol. The van der Waals surface area contributed by atoms with Crippen molar-refractivity contribution >= 4 is 46.6 Å². The molecule has 0 saturated heterocycles. The van der Waals surface area contributed by atoms with Gasteiger partial charge in [0.2, 0.25) is 0 Å². The van der Waals surface area contributed by atoms with Gasteiger partial charge in [0.05, 0.1) is 35.6 Å². The molecule has 24 heavy (non-hydrogen) atoms. The van der Waals surface area contributed by atoms with Gasteiger partial charge in [0.15, 0.2) is 0 Å². The van der Waals surface area contributed by atoms with Crippen molar-refractivity contribution in [3.8, 4) is 0 Å². The first kappa shape index (κ1) is 18.8. The Balaban J connectivity index is 2.53. The van der Waals surface area contributed by atoms with Gasteiger partial charge in [0.1, 0.15) is 11.3 Å². The van der Waals surface area contributed by atoms with Crippen LogP contribution in [0.4, 0.5) is 10.5 Å². The number of hydrogen-bond donors (Lipinski definition) is 1. The molecule has 1 unspecified atom stereocenters. The van der Waals surface area contributed by atoms with Crippen molar-refractivity contribution in [2.75, 3.05) is 19.3 Å². The average molecular weight is 392 g/mol. The lowest BCUT2D eigenvalue weighted by molar-refractivity contribution is 0.114. The van der Waals surface area contributed by atoms with Crippen molar-refractivity contribution in [2.45, 2.75) is 6.10 Å². The number of carbonyl (C=O) groups is 1. The number of hydroxylamine groups is 1. The number of halogens is 3. The molecular formula is C15H13Cl3N2O4. The van der Waals surface area contributed by atoms with Crippen LogP contribution in [0.1, 0.15) is 17.4 Å². The Morgan fingerprint density at radius 1 is 1.21 bits per heavy atom. The molecule has 1 atom stereocenters. The molecule has 0 aliphatic heterocycles. The number of hydrogen-bond acceptors (Lipinski definition) is 5. The summed E-state index contributed by atoms with van der Waals surface area (Å²) in [6, 6.07) is 7.90. The summed E-state index contributed by atoms with van der Waals surface area (Å²) in [5.74, 6) is 0. The molecule has 1 heterocycles. The van der Waals surface area contributed by atoms with Gasteiger partial charge in [-0.15, -0.1) is 0 Å². The normalized spacial score (nSPS) is 11.9. The number of pyridine rings is 1. The molecule has 1 aromatic heterocycles. The molecule has 2 rings (SSSR count). The molecule has 1 amide bonds. The number of aromatic nitrogens is 1. The quantitative estimate of drug-likeness (QED) is 0.623. The minimum atomic E-state index is -1.27. The van der Waals surface area contributed by atoms with E-state index in [1.165, 1.54) is 20.3 Å². The summed E-state index contributed by atoms with van der Waals surface area (Å²) in [7, 11) is 2.51. The van der Waals surface area contributed by atoms with Crippen LogP contribution in [0.5, 0.6) is 0 Å². The Kier molecular flexibility index (Phi) is 6.26. The van der Waals surface area contributed by atoms with Crippen molar-refractivity contribution in [1.29, 1.82) is 0 Å². The van der Waals surface area contributed by atoms with Gasteiger partial charge in [0, 0.05) is 5.56 Å². The summed E-state index contributed by atoms with van der Waals surface area (Å²) in [4.78, 5) is 20.9. The first-order valence-corrected chi connectivity index (χ1v) is 7.74. The predicted molar refractivity (Wildman–Crippen MR) is 91.7 cm³/mol. The first-order valence-electron chi connectivity index (χ1n) is 6.61. The third-order valence-corrected chi connectivity index (χ3v) is 4.12. The van der Waals surface area contributed by atoms with Gasteiger partial charge in [-0.1, -0.05) is 53.0 Å². The summed E-state index contributed by atoms with van der Waals surface area (Å²) >= 11 is 17.8. The molecule has 2 aromatic rings. The second kappa shape index (κ2) is 8.00. The molecule has 1 aromatic carbocycles. The number of carbonyl (C=O) groups excluding carboxylic acids is 1. The lowest BCUT2D eigenvalue weighted by Gasteiger charge is -2.23. The van der Waals surface area contributed by atoms with E-state index in [0.29, 0.717) is 5.56 Å². The van der Waals surface area contributed by atoms with Gasteiger partial charge in [-0.2, -0.15) is 5.06 Å². The van der Waals surface area contributed by atoms with Crippen molar-refractivity contribution in [3.05, 3.63) is 56.8 Å². The fraction of sp³-hybridized carbons (Fsp3) is 0.200. The molecule has 0 fully saturated rings. The van der Waals surface area contributed by atoms with Crippen LogP contribution in [0.2, 0.25) is 15.2 Å². The van der Waals surface area contributed by atoms with Gasteiger partial charge < -0.3 is 9.84 Å². The van der Waals surface area contributed by atoms with Crippen LogP contribution < -0.4 is 5.06 Å². The molecule has 0 bridgehead atoms. The molecule has 0 aliphatic carbocycles. The van der Waals surface area contributed by atoms with Crippen LogP contribution in [0.25, 0.3) is 0 Å². The number of rotatable bonds is 4. The van der Waals surface area contributed by atoms with Crippen LogP contribution in [0.15, 0.2) is 30.3 Å². The smallest absolute Gasteiger partial charge is 0.438 e. The number of ether oxygens (including phenoxy) is 1. The molecule has 0 spiro atoms. The number of amides is 1. The summed E-state index contributed by atoms with van der Waals surface area (Å²) in [6.45, 7) is 0. The zero-order valence-electron chi connectivity index (χ0n) is 12.7. The van der Waals surface area contributed by atoms with Crippen molar-refractivity contribution in [2.24, 2.45) is 0 Å². The molecule has 6 nitrogen and oxygen atoms in total. The molecule has 128 valence electrons. The highest BCUT2D eigenvalue weighted by atomic mass is 35.5. The predicted octanol–water partition coefficient (Wildman–Crippen LogP) is 4.26. The van der Waals surface area contributed by atoms with E-state index >= 15 is 0 Å². The maximum atomic E-state index is 11.8. The van der Waals surface area contributed by atoms with Crippen LogP contribution >= 0.6 is 34.8 Å². The zero-order chi connectivity index (χ0) is 17.9. The number of para-hydroxylation sites is 1. The highest BCUT2D eigenvalue weighted by molar-refractivity contribution is 6.42. The fourth-order valence-corrected chi connectivity index (χ4v) is 2.66. The molecule has 0 radical (unpaired) electrons. The fourth-order valence-electron chi connectivity index (χ4n) is 2.05. The molecule has 0 aliphatic rings. The number of aliphatic hydroxyl groups excluding tert-OH is 1. The first-order chi connectivity index (χ1) is 11.4. The average Bonchev–Trinajstić information content (AvgIpc) is 2.58. The van der Waals surface area contributed by atoms with Gasteiger partial charge in [-0.3, -0.25) is 4.84 Å². The van der Waals surface area contributed by atoms with Crippen LogP contribution in [-0.2, 0) is 9.57 Å². The summed E-state index contributed by atoms with van der Waals surface area (Å²) in [6.07, 6.45) is -2.03. The minimum absolute atomic E-state index is 0.00385. The summed E-state index contributed by atoms with van der Waals surface area (Å²) in [5, 5.41) is 11.9. The van der Waals surface area contributed by atoms with Gasteiger partial charge in [-0.05, 0) is 12.1 Å². The van der Waals surface area contributed by atoms with E-state index in [2.05, 4.69) is 9.72 Å². The topological polar surface area (TPSA) is 71.9 Å². The second-order valence-corrected chi connectivity index (χ2v) is 5.71. The van der Waals surface area contributed by atoms with E-state index in [0.717, 1.165) is 5.06 Å². The lowest BCUT2D eigenvalue weighted by atomic mass is 10.0. The summed E-state index contributed by atoms with van der Waals surface area (Å²) in [5.41, 5.74) is 0.681. The van der Waals surface area contributed by atoms with Crippen molar-refractivity contribution in [1.82, 2.24) is 4.98 Å². The molecule has 1 N–H and O–H groups in total. The number of methoxy groups -OCH3 is 1. The number of anilines is 1. The second-order valence-electron chi connectivity index (χ2n) is 4.54. The van der Waals surface area contributed by atoms with Crippen molar-refractivity contribution in [3.63, 3.8) is 0 Å². The van der Waals surface area contributed by atoms with E-state index in [-0.39, 0.29) is 26.6 Å². The standard InChI is InChI=1S/C15H13Cl3N2O4/c1-23-15(22)20(24-2)11-6-4-3-5-8(11)13(21)12-9(16)7-10(17)14(18)19-12/h3-7,13,21H,1-2H3. The van der Waals surface area contributed by atoms with E-state index in [1.807, 2.05) is 0 Å². The summed E-state index contributed by atoms with van der Waals surface area (Å²) < 4.78 is 4.66. The highest BCUT2D eigenvalue weighted by Crippen LogP contribution is 2.35. The number of aliphatic hydroxyl groups is 1. The Morgan fingerprint density at radius 3 is 2.50 bits per heavy atom. The van der Waals surface area contributed by atoms with E-state index in [1.54, 1.807) is 24.3 Å². The monoisotopic (exact) mass is 390 g/mol. The SMILES string of the molecule is COC(=O)N(OC)c1ccccc1C(O)c1nc(Cl)c(Cl)cc1Cl. The largest absolute Gasteiger partial charge is 0.451 e. The Labute approximate surface area is 153 Å². The van der Waals surface area contributed by atoms with Gasteiger partial charge in [0.25, 0.3) is 0 Å². The Morgan fingerprint density at radius 2 is 1.88 bits per heavy atom. The molecule has 9 heteroatoms. The van der Waals surface area contributed by atoms with Gasteiger partial charge in [-0.25, -0.2) is 9.78 Å². The maximum Gasteiger partial charge on any atom is 0.438 e. The molecule has 0 saturated carbocycles. The Hall–Kier alpha value is -1.57. The van der Waals surface area contributed by atoms with Crippen LogP contribution in [0.3, 0.4) is 0 Å². The van der Waals surface area contributed by atoms with E-state index in [4.69, 9.17) is 39.6 Å². The third-order valence-electron chi connectivity index (χ3n) is 3.15. The third kappa shape index (κ3) is 3.74. The highest BCUT2D eigenvalue weighted by Gasteiger charge is 2.26. The lowest BCUT2D eigenvalue weighted by Crippen LogP contribution is -2.30. The Bertz CT molecular complexity index is 757. The number of nitrogens with zero attached hydrogens (tertiary/aromatic N) is 2. The van der Waals surface area contributed by atoms with Crippen molar-refractivity contribution < 1.29 is 19.5 Å². The van der Waals surface area contributed by atoms with Gasteiger partial charge >= 0.3 is 6.09 Å². The van der Waals surface area contributed by atoms with E-state index in [9.17, 15) is 9.90 Å². The maximum absolute atomic E-state index is 11.8. The van der Waals surface area contributed by atoms with Crippen LogP contribution in [0, 0.1) is 0 Å². The number of benzene rings is 1.